The van der Waals surface area contributed by atoms with E-state index in [-0.39, 0.29) is 41.1 Å². The molecule has 6 heteroatoms. The molecule has 0 spiro atoms. The fourth-order valence-corrected chi connectivity index (χ4v) is 8.30. The van der Waals surface area contributed by atoms with Crippen LogP contribution in [0, 0.1) is 0 Å². The van der Waals surface area contributed by atoms with Crippen molar-refractivity contribution in [1.82, 2.24) is 0 Å². The van der Waals surface area contributed by atoms with Gasteiger partial charge in [0, 0.05) is 21.7 Å². The minimum Gasteiger partial charge on any atom is -1.00 e. The Labute approximate surface area is 394 Å². The van der Waals surface area contributed by atoms with E-state index in [0.29, 0.717) is 0 Å². The third-order valence-electron chi connectivity index (χ3n) is 11.2. The molecule has 0 N–H and O–H groups in total. The minimum atomic E-state index is -0.534. The van der Waals surface area contributed by atoms with Gasteiger partial charge < -0.3 is 33.6 Å². The zero-order chi connectivity index (χ0) is 42.3. The molecule has 62 heavy (non-hydrogen) atoms. The Morgan fingerprint density at radius 1 is 0.452 bits per heavy atom. The third kappa shape index (κ3) is 9.27. The van der Waals surface area contributed by atoms with E-state index in [4.69, 9.17) is 8.83 Å². The van der Waals surface area contributed by atoms with Gasteiger partial charge in [-0.2, -0.15) is 34.7 Å². The van der Waals surface area contributed by atoms with Crippen LogP contribution in [-0.2, 0) is 45.0 Å². The van der Waals surface area contributed by atoms with Crippen LogP contribution in [-0.4, -0.2) is 5.43 Å². The third-order valence-corrected chi connectivity index (χ3v) is 11.2. The maximum atomic E-state index is 6.48. The summed E-state index contributed by atoms with van der Waals surface area (Å²) in [6.45, 7) is 17.7. The Hall–Kier alpha value is -4.44. The van der Waals surface area contributed by atoms with E-state index in [1.165, 1.54) is 43.1 Å². The maximum absolute atomic E-state index is 6.48. The van der Waals surface area contributed by atoms with Crippen LogP contribution in [0.2, 0.25) is 13.1 Å². The molecule has 2 aliphatic carbocycles. The van der Waals surface area contributed by atoms with Gasteiger partial charge in [-0.15, -0.1) is 46.9 Å². The second kappa shape index (κ2) is 18.7. The van der Waals surface area contributed by atoms with Gasteiger partial charge in [0.25, 0.3) is 0 Å². The van der Waals surface area contributed by atoms with E-state index in [1.807, 2.05) is 0 Å². The van der Waals surface area contributed by atoms with Crippen LogP contribution < -0.4 is 45.7 Å². The zero-order valence-corrected chi connectivity index (χ0v) is 41.7. The average Bonchev–Trinajstić information content (AvgIpc) is 4.05. The van der Waals surface area contributed by atoms with Crippen molar-refractivity contribution in [3.63, 3.8) is 0 Å². The van der Waals surface area contributed by atoms with Gasteiger partial charge in [-0.25, -0.2) is 0 Å². The van der Waals surface area contributed by atoms with E-state index in [2.05, 4.69) is 237 Å². The standard InChI is InChI=1S/2C27H23O.C2H6Si.2ClH.Zr/c2*1-26(2,3)24-15-16-25(28-24)27(17-20-10-4-5-11-21(20)18-27)23-14-8-12-19-9-6-7-13-22(19)23;1-3-2;;;/h2*4-17H,1-3H3;1-2H3;2*1H;/q2*-1;;;;+2/p-2. The molecule has 0 bridgehead atoms. The molecule has 0 saturated carbocycles. The predicted molar refractivity (Wildman–Crippen MR) is 249 cm³/mol. The summed E-state index contributed by atoms with van der Waals surface area (Å²) in [4.78, 5) is 0. The van der Waals surface area contributed by atoms with Crippen molar-refractivity contribution in [2.45, 2.75) is 76.3 Å². The van der Waals surface area contributed by atoms with Gasteiger partial charge in [0.15, 0.2) is 0 Å². The molecular formula is C56H52Cl2O2SiZr-2. The second-order valence-electron chi connectivity index (χ2n) is 18.2. The normalized spacial score (nSPS) is 17.2. The molecule has 0 aliphatic heterocycles. The van der Waals surface area contributed by atoms with Crippen LogP contribution >= 0.6 is 0 Å². The summed E-state index contributed by atoms with van der Waals surface area (Å²) >= 11 is 1.74. The molecule has 0 radical (unpaired) electrons. The number of halogens is 2. The van der Waals surface area contributed by atoms with Gasteiger partial charge in [-0.1, -0.05) is 139 Å². The average molecular weight is 947 g/mol. The molecule has 10 rings (SSSR count). The molecule has 2 heterocycles. The molecular weight excluding hydrogens is 895 g/mol. The molecule has 2 atom stereocenters. The Morgan fingerprint density at radius 3 is 1.15 bits per heavy atom. The van der Waals surface area contributed by atoms with E-state index < -0.39 is 10.8 Å². The predicted octanol–water partition coefficient (Wildman–Crippen LogP) is 5.13. The minimum absolute atomic E-state index is 0. The molecule has 312 valence electrons. The molecule has 0 amide bonds. The molecule has 0 fully saturated rings. The summed E-state index contributed by atoms with van der Waals surface area (Å²) in [7, 11) is 0. The molecule has 0 saturated heterocycles. The first-order valence-electron chi connectivity index (χ1n) is 20.8. The van der Waals surface area contributed by atoms with E-state index in [1.54, 1.807) is 23.3 Å². The topological polar surface area (TPSA) is 26.3 Å². The van der Waals surface area contributed by atoms with Gasteiger partial charge in [-0.3, -0.25) is 0 Å². The van der Waals surface area contributed by atoms with Crippen molar-refractivity contribution in [3.05, 3.63) is 213 Å². The van der Waals surface area contributed by atoms with Crippen molar-refractivity contribution in [2.75, 3.05) is 0 Å². The Balaban J connectivity index is 0.000000185. The molecule has 2 nitrogen and oxygen atoms in total. The number of furan rings is 2. The van der Waals surface area contributed by atoms with E-state index in [9.17, 15) is 0 Å². The van der Waals surface area contributed by atoms with Crippen LogP contribution in [0.25, 0.3) is 45.8 Å². The molecule has 2 aromatic heterocycles. The SMILES string of the molecule is CC(C)(C)c1ccc(C2(c3cccc4ccccc34)[C-]=c3ccccc3=C2)o1.CC(C)(C)c1ccc(C2(c3cccc4ccccc34)[C-]=c3ccccc3=C2)o1.C[Si](C)=[Zr+2].[Cl-].[Cl-]. The van der Waals surface area contributed by atoms with Crippen molar-refractivity contribution >= 4 is 51.3 Å². The number of fused-ring (bicyclic) bond motifs is 4. The summed E-state index contributed by atoms with van der Waals surface area (Å²) in [5.41, 5.74) is 1.48. The summed E-state index contributed by atoms with van der Waals surface area (Å²) < 4.78 is 13.0. The van der Waals surface area contributed by atoms with Crippen molar-refractivity contribution in [3.8, 4) is 0 Å². The first kappa shape index (κ1) is 47.0. The van der Waals surface area contributed by atoms with Crippen LogP contribution in [0.1, 0.15) is 75.7 Å². The van der Waals surface area contributed by atoms with Crippen molar-refractivity contribution in [2.24, 2.45) is 0 Å². The van der Waals surface area contributed by atoms with Gasteiger partial charge in [0.1, 0.15) is 23.0 Å². The molecule has 6 aromatic carbocycles. The van der Waals surface area contributed by atoms with E-state index >= 15 is 0 Å². The first-order chi connectivity index (χ1) is 28.7. The van der Waals surface area contributed by atoms with Crippen LogP contribution in [0.15, 0.2) is 167 Å². The Kier molecular flexibility index (Phi) is 14.2. The monoisotopic (exact) mass is 944 g/mol. The number of hydrogen-bond donors (Lipinski definition) is 0. The van der Waals surface area contributed by atoms with Crippen molar-refractivity contribution < 1.29 is 57.0 Å². The van der Waals surface area contributed by atoms with Gasteiger partial charge in [-0.05, 0) is 56.9 Å². The summed E-state index contributed by atoms with van der Waals surface area (Å²) in [6, 6.07) is 55.4. The summed E-state index contributed by atoms with van der Waals surface area (Å²) in [6.07, 6.45) is 12.2. The van der Waals surface area contributed by atoms with Gasteiger partial charge in [0.05, 0.1) is 0 Å². The zero-order valence-electron chi connectivity index (χ0n) is 36.7. The Morgan fingerprint density at radius 2 is 0.790 bits per heavy atom. The van der Waals surface area contributed by atoms with Crippen LogP contribution in [0.4, 0.5) is 0 Å². The number of benzene rings is 6. The van der Waals surface area contributed by atoms with Crippen LogP contribution in [0.5, 0.6) is 0 Å². The quantitative estimate of drug-likeness (QED) is 0.181. The molecule has 8 aromatic rings. The Bertz CT molecular complexity index is 2850. The van der Waals surface area contributed by atoms with E-state index in [0.717, 1.165) is 33.5 Å². The first-order valence-corrected chi connectivity index (χ1v) is 27.0. The number of rotatable bonds is 4. The smallest absolute Gasteiger partial charge is 1.00 e. The second-order valence-corrected chi connectivity index (χ2v) is 27.6. The fraction of sp³-hybridized carbons (Fsp3) is 0.214. The fourth-order valence-electron chi connectivity index (χ4n) is 8.30. The van der Waals surface area contributed by atoms with Crippen molar-refractivity contribution in [1.29, 1.82) is 0 Å². The molecule has 2 unspecified atom stereocenters. The van der Waals surface area contributed by atoms with Gasteiger partial charge in [0.2, 0.25) is 0 Å². The van der Waals surface area contributed by atoms with Gasteiger partial charge >= 0.3 is 41.9 Å². The maximum Gasteiger partial charge on any atom is -1.00 e. The molecule has 2 aliphatic rings. The number of hydrogen-bond acceptors (Lipinski definition) is 2. The largest absolute Gasteiger partial charge is 1.00 e. The summed E-state index contributed by atoms with van der Waals surface area (Å²) in [5.74, 6) is 3.83. The summed E-state index contributed by atoms with van der Waals surface area (Å²) in [5, 5.41) is 9.58. The van der Waals surface area contributed by atoms with Crippen LogP contribution in [0.3, 0.4) is 0 Å².